The Balaban J connectivity index is 1.95. The van der Waals surface area contributed by atoms with Crippen LogP contribution in [0.25, 0.3) is 0 Å². The lowest BCUT2D eigenvalue weighted by atomic mass is 10.3. The molecular formula is C10H11N3S. The molecule has 0 spiro atoms. The summed E-state index contributed by atoms with van der Waals surface area (Å²) in [5.41, 5.74) is 2.22. The zero-order chi connectivity index (χ0) is 9.80. The van der Waals surface area contributed by atoms with Crippen LogP contribution in [-0.4, -0.2) is 9.97 Å². The summed E-state index contributed by atoms with van der Waals surface area (Å²) in [6, 6.07) is 4.09. The number of rotatable bonds is 3. The third kappa shape index (κ3) is 2.29. The molecule has 2 aromatic rings. The average molecular weight is 205 g/mol. The number of hydrogen-bond acceptors (Lipinski definition) is 4. The van der Waals surface area contributed by atoms with Crippen LogP contribution in [0.3, 0.4) is 0 Å². The number of anilines is 1. The van der Waals surface area contributed by atoms with E-state index in [2.05, 4.69) is 21.4 Å². The Bertz CT molecular complexity index is 380. The van der Waals surface area contributed by atoms with Crippen molar-refractivity contribution in [2.24, 2.45) is 0 Å². The first kappa shape index (κ1) is 9.15. The van der Waals surface area contributed by atoms with Gasteiger partial charge in [-0.2, -0.15) is 0 Å². The molecule has 2 aromatic heterocycles. The van der Waals surface area contributed by atoms with Crippen LogP contribution < -0.4 is 5.32 Å². The minimum Gasteiger partial charge on any atom is -0.356 e. The molecule has 1 N–H and O–H groups in total. The monoisotopic (exact) mass is 205 g/mol. The molecule has 0 aliphatic carbocycles. The predicted octanol–water partition coefficient (Wildman–Crippen LogP) is 2.46. The summed E-state index contributed by atoms with van der Waals surface area (Å²) in [6.45, 7) is 2.76. The third-order valence-electron chi connectivity index (χ3n) is 1.83. The molecule has 0 fully saturated rings. The molecule has 14 heavy (non-hydrogen) atoms. The fourth-order valence-corrected chi connectivity index (χ4v) is 1.61. The van der Waals surface area contributed by atoms with Crippen molar-refractivity contribution in [3.8, 4) is 0 Å². The minimum atomic E-state index is 0.730. The maximum absolute atomic E-state index is 4.29. The molecule has 0 aliphatic rings. The number of thiazole rings is 1. The molecule has 0 amide bonds. The van der Waals surface area contributed by atoms with E-state index in [-0.39, 0.29) is 0 Å². The van der Waals surface area contributed by atoms with Crippen molar-refractivity contribution in [3.63, 3.8) is 0 Å². The van der Waals surface area contributed by atoms with E-state index >= 15 is 0 Å². The number of nitrogens with zero attached hydrogens (tertiary/aromatic N) is 2. The zero-order valence-electron chi connectivity index (χ0n) is 7.90. The second-order valence-corrected chi connectivity index (χ2v) is 3.91. The molecule has 72 valence electrons. The molecule has 0 bridgehead atoms. The van der Waals surface area contributed by atoms with Gasteiger partial charge in [0, 0.05) is 17.8 Å². The Morgan fingerprint density at radius 3 is 2.93 bits per heavy atom. The highest BCUT2D eigenvalue weighted by Crippen LogP contribution is 2.11. The molecule has 0 aromatic carbocycles. The second kappa shape index (κ2) is 4.19. The number of aromatic nitrogens is 2. The Morgan fingerprint density at radius 1 is 1.36 bits per heavy atom. The van der Waals surface area contributed by atoms with E-state index < -0.39 is 0 Å². The van der Waals surface area contributed by atoms with Gasteiger partial charge in [0.15, 0.2) is 5.13 Å². The zero-order valence-corrected chi connectivity index (χ0v) is 8.71. The lowest BCUT2D eigenvalue weighted by molar-refractivity contribution is 1.03. The van der Waals surface area contributed by atoms with Crippen molar-refractivity contribution in [1.82, 2.24) is 9.97 Å². The van der Waals surface area contributed by atoms with E-state index in [1.54, 1.807) is 17.5 Å². The number of aryl methyl sites for hydroxylation is 1. The van der Waals surface area contributed by atoms with Crippen molar-refractivity contribution in [1.29, 1.82) is 0 Å². The van der Waals surface area contributed by atoms with Gasteiger partial charge in [-0.15, -0.1) is 11.3 Å². The average Bonchev–Trinajstić information content (AvgIpc) is 2.70. The van der Waals surface area contributed by atoms with Crippen molar-refractivity contribution < 1.29 is 0 Å². The first-order valence-corrected chi connectivity index (χ1v) is 5.27. The molecule has 2 rings (SSSR count). The van der Waals surface area contributed by atoms with Gasteiger partial charge in [0.25, 0.3) is 0 Å². The van der Waals surface area contributed by atoms with Crippen LogP contribution in [0.2, 0.25) is 0 Å². The third-order valence-corrected chi connectivity index (χ3v) is 2.56. The quantitative estimate of drug-likeness (QED) is 0.836. The van der Waals surface area contributed by atoms with E-state index in [9.17, 15) is 0 Å². The summed E-state index contributed by atoms with van der Waals surface area (Å²) >= 11 is 1.60. The van der Waals surface area contributed by atoms with Gasteiger partial charge in [0.2, 0.25) is 0 Å². The Kier molecular flexibility index (Phi) is 2.74. The fraction of sp³-hybridized carbons (Fsp3) is 0.200. The highest BCUT2D eigenvalue weighted by atomic mass is 32.1. The Labute approximate surface area is 86.8 Å². The molecule has 0 atom stereocenters. The van der Waals surface area contributed by atoms with Gasteiger partial charge in [-0.05, 0) is 18.6 Å². The maximum Gasteiger partial charge on any atom is 0.182 e. The number of pyridine rings is 1. The van der Waals surface area contributed by atoms with Crippen molar-refractivity contribution in [2.45, 2.75) is 13.5 Å². The topological polar surface area (TPSA) is 37.8 Å². The fourth-order valence-electron chi connectivity index (χ4n) is 1.08. The van der Waals surface area contributed by atoms with Gasteiger partial charge in [0.1, 0.15) is 0 Å². The summed E-state index contributed by atoms with van der Waals surface area (Å²) in [6.07, 6.45) is 3.66. The Morgan fingerprint density at radius 2 is 2.29 bits per heavy atom. The standard InChI is InChI=1S/C10H11N3S/c1-8-2-3-9(12-6-8)7-13-10-11-4-5-14-10/h2-6H,7H2,1H3,(H,11,13). The summed E-state index contributed by atoms with van der Waals surface area (Å²) < 4.78 is 0. The van der Waals surface area contributed by atoms with Crippen molar-refractivity contribution >= 4 is 16.5 Å². The first-order chi connectivity index (χ1) is 6.84. The molecular weight excluding hydrogens is 194 g/mol. The van der Waals surface area contributed by atoms with Gasteiger partial charge >= 0.3 is 0 Å². The summed E-state index contributed by atoms with van der Waals surface area (Å²) in [5.74, 6) is 0. The van der Waals surface area contributed by atoms with E-state index in [0.717, 1.165) is 17.4 Å². The smallest absolute Gasteiger partial charge is 0.182 e. The number of hydrogen-bond donors (Lipinski definition) is 1. The molecule has 0 radical (unpaired) electrons. The van der Waals surface area contributed by atoms with Gasteiger partial charge in [-0.1, -0.05) is 6.07 Å². The van der Waals surface area contributed by atoms with Crippen LogP contribution in [0.1, 0.15) is 11.3 Å². The van der Waals surface area contributed by atoms with Crippen LogP contribution in [0.4, 0.5) is 5.13 Å². The lowest BCUT2D eigenvalue weighted by Crippen LogP contribution is -2.00. The van der Waals surface area contributed by atoms with Crippen LogP contribution in [-0.2, 0) is 6.54 Å². The summed E-state index contributed by atoms with van der Waals surface area (Å²) in [4.78, 5) is 8.42. The van der Waals surface area contributed by atoms with Gasteiger partial charge in [0.05, 0.1) is 12.2 Å². The van der Waals surface area contributed by atoms with E-state index in [1.807, 2.05) is 24.6 Å². The SMILES string of the molecule is Cc1ccc(CNc2nccs2)nc1. The van der Waals surface area contributed by atoms with Crippen LogP contribution in [0, 0.1) is 6.92 Å². The molecule has 0 saturated carbocycles. The molecule has 4 heteroatoms. The Hall–Kier alpha value is -1.42. The highest BCUT2D eigenvalue weighted by Gasteiger charge is 1.96. The molecule has 0 aliphatic heterocycles. The maximum atomic E-state index is 4.29. The van der Waals surface area contributed by atoms with Crippen LogP contribution >= 0.6 is 11.3 Å². The molecule has 0 unspecified atom stereocenters. The molecule has 0 saturated heterocycles. The lowest BCUT2D eigenvalue weighted by Gasteiger charge is -2.01. The van der Waals surface area contributed by atoms with Gasteiger partial charge in [-0.25, -0.2) is 4.98 Å². The predicted molar refractivity (Wildman–Crippen MR) is 58.4 cm³/mol. The van der Waals surface area contributed by atoms with E-state index in [1.165, 1.54) is 5.56 Å². The van der Waals surface area contributed by atoms with Crippen LogP contribution in [0.15, 0.2) is 29.9 Å². The summed E-state index contributed by atoms with van der Waals surface area (Å²) in [5, 5.41) is 6.09. The minimum absolute atomic E-state index is 0.730. The van der Waals surface area contributed by atoms with Gasteiger partial charge < -0.3 is 5.32 Å². The molecule has 3 nitrogen and oxygen atoms in total. The summed E-state index contributed by atoms with van der Waals surface area (Å²) in [7, 11) is 0. The second-order valence-electron chi connectivity index (χ2n) is 3.02. The number of nitrogens with one attached hydrogen (secondary N) is 1. The normalized spacial score (nSPS) is 10.1. The van der Waals surface area contributed by atoms with Crippen molar-refractivity contribution in [3.05, 3.63) is 41.2 Å². The molecule has 2 heterocycles. The van der Waals surface area contributed by atoms with E-state index in [0.29, 0.717) is 0 Å². The highest BCUT2D eigenvalue weighted by molar-refractivity contribution is 7.13. The van der Waals surface area contributed by atoms with Crippen molar-refractivity contribution in [2.75, 3.05) is 5.32 Å². The van der Waals surface area contributed by atoms with Crippen LogP contribution in [0.5, 0.6) is 0 Å². The van der Waals surface area contributed by atoms with Gasteiger partial charge in [-0.3, -0.25) is 4.98 Å². The first-order valence-electron chi connectivity index (χ1n) is 4.39. The largest absolute Gasteiger partial charge is 0.356 e. The van der Waals surface area contributed by atoms with E-state index in [4.69, 9.17) is 0 Å².